The topological polar surface area (TPSA) is 40.5 Å². The number of phenolic OH excluding ortho intramolecular Hbond substituents is 1. The minimum absolute atomic E-state index is 0.0191. The minimum atomic E-state index is 0.0191. The van der Waals surface area contributed by atoms with Gasteiger partial charge in [-0.1, -0.05) is 6.07 Å². The van der Waals surface area contributed by atoms with E-state index in [1.54, 1.807) is 36.5 Å². The van der Waals surface area contributed by atoms with Crippen molar-refractivity contribution in [1.29, 1.82) is 0 Å². The fraction of sp³-hybridized carbons (Fsp3) is 0.353. The van der Waals surface area contributed by atoms with Gasteiger partial charge in [0.05, 0.1) is 0 Å². The van der Waals surface area contributed by atoms with Gasteiger partial charge in [-0.25, -0.2) is 0 Å². The van der Waals surface area contributed by atoms with Gasteiger partial charge in [-0.05, 0) is 50.4 Å². The third-order valence-corrected chi connectivity index (χ3v) is 4.39. The zero-order valence-electron chi connectivity index (χ0n) is 12.7. The standard InChI is InChI=1S/C17H21NO2S/c1-12(2)18(11-16-5-4-8-21-16)10-15-9-14(13(3)19)6-7-17(15)20/h4-9,12,20H,10-11H2,1-3H3. The number of ketones is 1. The van der Waals surface area contributed by atoms with Crippen LogP contribution in [0.5, 0.6) is 5.75 Å². The third-order valence-electron chi connectivity index (χ3n) is 3.53. The van der Waals surface area contributed by atoms with Crippen molar-refractivity contribution < 1.29 is 9.90 Å². The van der Waals surface area contributed by atoms with Crippen LogP contribution in [0.2, 0.25) is 0 Å². The third kappa shape index (κ3) is 4.16. The molecule has 0 fully saturated rings. The first-order valence-corrected chi connectivity index (χ1v) is 7.94. The fourth-order valence-electron chi connectivity index (χ4n) is 2.17. The van der Waals surface area contributed by atoms with Gasteiger partial charge in [0.25, 0.3) is 0 Å². The minimum Gasteiger partial charge on any atom is -0.508 e. The Kier molecular flexibility index (Phi) is 5.15. The molecular weight excluding hydrogens is 282 g/mol. The molecule has 1 N–H and O–H groups in total. The molecule has 0 unspecified atom stereocenters. The molecule has 0 saturated heterocycles. The number of nitrogens with zero attached hydrogens (tertiary/aromatic N) is 1. The van der Waals surface area contributed by atoms with Crippen LogP contribution < -0.4 is 0 Å². The first kappa shape index (κ1) is 15.7. The molecule has 1 aromatic heterocycles. The molecule has 0 amide bonds. The van der Waals surface area contributed by atoms with Crippen LogP contribution in [0, 0.1) is 0 Å². The van der Waals surface area contributed by atoms with E-state index in [9.17, 15) is 9.90 Å². The van der Waals surface area contributed by atoms with Gasteiger partial charge in [-0.3, -0.25) is 9.69 Å². The molecule has 1 heterocycles. The molecule has 0 atom stereocenters. The van der Waals surface area contributed by atoms with E-state index in [1.807, 2.05) is 6.07 Å². The highest BCUT2D eigenvalue weighted by Gasteiger charge is 2.14. The number of carbonyl (C=O) groups is 1. The van der Waals surface area contributed by atoms with E-state index < -0.39 is 0 Å². The summed E-state index contributed by atoms with van der Waals surface area (Å²) in [5, 5.41) is 12.1. The molecule has 3 nitrogen and oxygen atoms in total. The quantitative estimate of drug-likeness (QED) is 0.818. The lowest BCUT2D eigenvalue weighted by Gasteiger charge is -2.26. The maximum atomic E-state index is 11.5. The maximum Gasteiger partial charge on any atom is 0.159 e. The summed E-state index contributed by atoms with van der Waals surface area (Å²) in [4.78, 5) is 15.1. The molecule has 0 aliphatic heterocycles. The fourth-order valence-corrected chi connectivity index (χ4v) is 2.90. The number of hydrogen-bond acceptors (Lipinski definition) is 4. The van der Waals surface area contributed by atoms with Crippen LogP contribution >= 0.6 is 11.3 Å². The van der Waals surface area contributed by atoms with Gasteiger partial charge < -0.3 is 5.11 Å². The highest BCUT2D eigenvalue weighted by molar-refractivity contribution is 7.09. The zero-order valence-corrected chi connectivity index (χ0v) is 13.5. The molecule has 0 aliphatic rings. The number of benzene rings is 1. The highest BCUT2D eigenvalue weighted by atomic mass is 32.1. The average Bonchev–Trinajstić information content (AvgIpc) is 2.92. The van der Waals surface area contributed by atoms with Crippen molar-refractivity contribution in [2.45, 2.75) is 39.9 Å². The van der Waals surface area contributed by atoms with Gasteiger partial charge in [0.15, 0.2) is 5.78 Å². The smallest absolute Gasteiger partial charge is 0.159 e. The summed E-state index contributed by atoms with van der Waals surface area (Å²) in [6.07, 6.45) is 0. The van der Waals surface area contributed by atoms with E-state index in [0.29, 0.717) is 18.2 Å². The van der Waals surface area contributed by atoms with E-state index in [0.717, 1.165) is 12.1 Å². The molecule has 1 aromatic carbocycles. The number of Topliss-reactive ketones (excluding diaryl/α,β-unsaturated/α-hetero) is 1. The number of carbonyl (C=O) groups excluding carboxylic acids is 1. The summed E-state index contributed by atoms with van der Waals surface area (Å²) in [7, 11) is 0. The molecular formula is C17H21NO2S. The summed E-state index contributed by atoms with van der Waals surface area (Å²) in [6, 6.07) is 9.59. The number of aromatic hydroxyl groups is 1. The normalized spacial score (nSPS) is 11.3. The lowest BCUT2D eigenvalue weighted by atomic mass is 10.1. The van der Waals surface area contributed by atoms with E-state index in [1.165, 1.54) is 4.88 Å². The maximum absolute atomic E-state index is 11.5. The molecule has 0 aliphatic carbocycles. The monoisotopic (exact) mass is 303 g/mol. The number of phenols is 1. The Morgan fingerprint density at radius 1 is 1.29 bits per heavy atom. The van der Waals surface area contributed by atoms with Gasteiger partial charge in [-0.15, -0.1) is 11.3 Å². The van der Waals surface area contributed by atoms with Gasteiger partial charge in [0.2, 0.25) is 0 Å². The van der Waals surface area contributed by atoms with Gasteiger partial charge in [0, 0.05) is 35.1 Å². The summed E-state index contributed by atoms with van der Waals surface area (Å²) < 4.78 is 0. The van der Waals surface area contributed by atoms with Crippen molar-refractivity contribution in [3.8, 4) is 5.75 Å². The molecule has 0 spiro atoms. The average molecular weight is 303 g/mol. The molecule has 4 heteroatoms. The Morgan fingerprint density at radius 2 is 2.05 bits per heavy atom. The first-order chi connectivity index (χ1) is 9.97. The second-order valence-electron chi connectivity index (χ2n) is 5.48. The molecule has 2 aromatic rings. The largest absolute Gasteiger partial charge is 0.508 e. The lowest BCUT2D eigenvalue weighted by molar-refractivity contribution is 0.101. The Morgan fingerprint density at radius 3 is 2.62 bits per heavy atom. The summed E-state index contributed by atoms with van der Waals surface area (Å²) in [5.41, 5.74) is 1.44. The molecule has 0 bridgehead atoms. The Labute approximate surface area is 129 Å². The predicted octanol–water partition coefficient (Wildman–Crippen LogP) is 4.07. The second-order valence-corrected chi connectivity index (χ2v) is 6.51. The Balaban J connectivity index is 2.20. The van der Waals surface area contributed by atoms with Crippen LogP contribution in [0.25, 0.3) is 0 Å². The Hall–Kier alpha value is -1.65. The van der Waals surface area contributed by atoms with Crippen molar-refractivity contribution in [3.05, 3.63) is 51.7 Å². The van der Waals surface area contributed by atoms with Gasteiger partial charge >= 0.3 is 0 Å². The van der Waals surface area contributed by atoms with Crippen molar-refractivity contribution in [2.75, 3.05) is 0 Å². The number of thiophene rings is 1. The highest BCUT2D eigenvalue weighted by Crippen LogP contribution is 2.23. The lowest BCUT2D eigenvalue weighted by Crippen LogP contribution is -2.29. The molecule has 0 saturated carbocycles. The summed E-state index contributed by atoms with van der Waals surface area (Å²) in [5.74, 6) is 0.266. The van der Waals surface area contributed by atoms with Crippen LogP contribution in [0.3, 0.4) is 0 Å². The van der Waals surface area contributed by atoms with E-state index >= 15 is 0 Å². The first-order valence-electron chi connectivity index (χ1n) is 7.06. The van der Waals surface area contributed by atoms with Crippen molar-refractivity contribution >= 4 is 17.1 Å². The number of rotatable bonds is 6. The van der Waals surface area contributed by atoms with Gasteiger partial charge in [0.1, 0.15) is 5.75 Å². The van der Waals surface area contributed by atoms with Crippen LogP contribution in [-0.4, -0.2) is 21.8 Å². The van der Waals surface area contributed by atoms with Crippen LogP contribution in [0.15, 0.2) is 35.7 Å². The van der Waals surface area contributed by atoms with Gasteiger partial charge in [-0.2, -0.15) is 0 Å². The van der Waals surface area contributed by atoms with Crippen LogP contribution in [0.1, 0.15) is 41.6 Å². The molecule has 2 rings (SSSR count). The van der Waals surface area contributed by atoms with Crippen molar-refractivity contribution in [2.24, 2.45) is 0 Å². The SMILES string of the molecule is CC(=O)c1ccc(O)c(CN(Cc2cccs2)C(C)C)c1. The van der Waals surface area contributed by atoms with Crippen molar-refractivity contribution in [1.82, 2.24) is 4.90 Å². The number of hydrogen-bond donors (Lipinski definition) is 1. The Bertz CT molecular complexity index is 605. The molecule has 21 heavy (non-hydrogen) atoms. The van der Waals surface area contributed by atoms with E-state index in [-0.39, 0.29) is 11.5 Å². The summed E-state index contributed by atoms with van der Waals surface area (Å²) >= 11 is 1.73. The summed E-state index contributed by atoms with van der Waals surface area (Å²) in [6.45, 7) is 7.29. The van der Waals surface area contributed by atoms with E-state index in [4.69, 9.17) is 0 Å². The molecule has 0 radical (unpaired) electrons. The molecule has 112 valence electrons. The van der Waals surface area contributed by atoms with Crippen molar-refractivity contribution in [3.63, 3.8) is 0 Å². The van der Waals surface area contributed by atoms with E-state index in [2.05, 4.69) is 30.2 Å². The predicted molar refractivity (Wildman–Crippen MR) is 86.8 cm³/mol. The second kappa shape index (κ2) is 6.87. The van der Waals surface area contributed by atoms with Crippen LogP contribution in [-0.2, 0) is 13.1 Å². The zero-order chi connectivity index (χ0) is 15.4. The van der Waals surface area contributed by atoms with Crippen LogP contribution in [0.4, 0.5) is 0 Å².